The Labute approximate surface area is 86.3 Å². The van der Waals surface area contributed by atoms with E-state index < -0.39 is 0 Å². The molecule has 0 amide bonds. The molecule has 0 bridgehead atoms. The number of hydrogen-bond donors (Lipinski definition) is 4. The highest BCUT2D eigenvalue weighted by Crippen LogP contribution is 2.18. The lowest BCUT2D eigenvalue weighted by Crippen LogP contribution is -2.26. The van der Waals surface area contributed by atoms with Gasteiger partial charge in [-0.05, 0) is 12.1 Å². The lowest BCUT2D eigenvalue weighted by Gasteiger charge is -2.06. The van der Waals surface area contributed by atoms with Gasteiger partial charge in [-0.25, -0.2) is 0 Å². The van der Waals surface area contributed by atoms with Gasteiger partial charge in [-0.2, -0.15) is 0 Å². The fraction of sp³-hybridized carbons (Fsp3) is 0. The molecule has 0 aliphatic carbocycles. The van der Waals surface area contributed by atoms with E-state index in [2.05, 4.69) is 0 Å². The number of benzene rings is 1. The Balaban J connectivity index is 2.86. The minimum Gasteiger partial charge on any atom is -0.382 e. The minimum absolute atomic E-state index is 0.0959. The van der Waals surface area contributed by atoms with Crippen molar-refractivity contribution in [2.24, 2.45) is 11.5 Å². The molecule has 15 heavy (non-hydrogen) atoms. The standard InChI is InChI=1S/C10H11N5/c11-9(12)8-5-6-3-1-2-4-7(6)15(8)10(13)14/h1-5H,(H3,11,12)(H3,13,14). The van der Waals surface area contributed by atoms with Crippen LogP contribution in [-0.4, -0.2) is 16.4 Å². The van der Waals surface area contributed by atoms with Gasteiger partial charge in [0.25, 0.3) is 0 Å². The van der Waals surface area contributed by atoms with E-state index in [1.54, 1.807) is 6.07 Å². The molecule has 0 unspecified atom stereocenters. The van der Waals surface area contributed by atoms with Crippen LogP contribution in [0.5, 0.6) is 0 Å². The summed E-state index contributed by atoms with van der Waals surface area (Å²) >= 11 is 0. The van der Waals surface area contributed by atoms with E-state index in [1.807, 2.05) is 24.3 Å². The third kappa shape index (κ3) is 1.34. The minimum atomic E-state index is -0.138. The molecule has 0 atom stereocenters. The van der Waals surface area contributed by atoms with E-state index in [9.17, 15) is 0 Å². The summed E-state index contributed by atoms with van der Waals surface area (Å²) in [7, 11) is 0. The molecule has 1 aromatic heterocycles. The first-order chi connectivity index (χ1) is 7.11. The van der Waals surface area contributed by atoms with Crippen molar-refractivity contribution in [3.8, 4) is 0 Å². The van der Waals surface area contributed by atoms with Crippen LogP contribution in [0, 0.1) is 10.8 Å². The smallest absolute Gasteiger partial charge is 0.197 e. The van der Waals surface area contributed by atoms with Crippen LogP contribution in [0.1, 0.15) is 5.69 Å². The first-order valence-corrected chi connectivity index (χ1v) is 4.40. The van der Waals surface area contributed by atoms with Gasteiger partial charge in [-0.1, -0.05) is 18.2 Å². The van der Waals surface area contributed by atoms with Gasteiger partial charge in [0.1, 0.15) is 5.84 Å². The van der Waals surface area contributed by atoms with Crippen LogP contribution >= 0.6 is 0 Å². The van der Waals surface area contributed by atoms with Crippen molar-refractivity contribution in [1.29, 1.82) is 10.8 Å². The molecule has 0 spiro atoms. The Bertz CT molecular complexity index is 552. The molecule has 1 heterocycles. The van der Waals surface area contributed by atoms with Gasteiger partial charge in [0.2, 0.25) is 0 Å². The van der Waals surface area contributed by atoms with Gasteiger partial charge in [0.15, 0.2) is 5.96 Å². The van der Waals surface area contributed by atoms with E-state index in [0.717, 1.165) is 10.9 Å². The number of fused-ring (bicyclic) bond motifs is 1. The van der Waals surface area contributed by atoms with Crippen LogP contribution < -0.4 is 11.5 Å². The van der Waals surface area contributed by atoms with Crippen LogP contribution in [0.25, 0.3) is 10.9 Å². The molecule has 0 fully saturated rings. The number of rotatable bonds is 1. The summed E-state index contributed by atoms with van der Waals surface area (Å²) < 4.78 is 1.46. The fourth-order valence-corrected chi connectivity index (χ4v) is 1.61. The highest BCUT2D eigenvalue weighted by Gasteiger charge is 2.11. The lowest BCUT2D eigenvalue weighted by atomic mass is 10.2. The van der Waals surface area contributed by atoms with Crippen molar-refractivity contribution < 1.29 is 0 Å². The second-order valence-electron chi connectivity index (χ2n) is 3.22. The third-order valence-electron chi connectivity index (χ3n) is 2.23. The van der Waals surface area contributed by atoms with Crippen molar-refractivity contribution in [3.63, 3.8) is 0 Å². The molecule has 6 N–H and O–H groups in total. The van der Waals surface area contributed by atoms with Gasteiger partial charge in [-0.15, -0.1) is 0 Å². The number of para-hydroxylation sites is 1. The predicted octanol–water partition coefficient (Wildman–Crippen LogP) is 0.667. The van der Waals surface area contributed by atoms with Crippen molar-refractivity contribution in [2.45, 2.75) is 0 Å². The Hall–Kier alpha value is -2.30. The third-order valence-corrected chi connectivity index (χ3v) is 2.23. The molecule has 0 saturated heterocycles. The summed E-state index contributed by atoms with van der Waals surface area (Å²) in [5, 5.41) is 15.8. The first-order valence-electron chi connectivity index (χ1n) is 4.40. The maximum absolute atomic E-state index is 7.46. The Kier molecular flexibility index (Phi) is 1.93. The van der Waals surface area contributed by atoms with Gasteiger partial charge >= 0.3 is 0 Å². The molecule has 76 valence electrons. The molecule has 0 saturated carbocycles. The average molecular weight is 201 g/mol. The average Bonchev–Trinajstić information content (AvgIpc) is 2.56. The zero-order valence-electron chi connectivity index (χ0n) is 7.99. The zero-order valence-corrected chi connectivity index (χ0v) is 7.99. The van der Waals surface area contributed by atoms with Crippen LogP contribution in [-0.2, 0) is 0 Å². The molecule has 0 aliphatic rings. The topological polar surface area (TPSA) is 105 Å². The Morgan fingerprint density at radius 2 is 1.80 bits per heavy atom. The summed E-state index contributed by atoms with van der Waals surface area (Å²) in [4.78, 5) is 0. The van der Waals surface area contributed by atoms with Crippen LogP contribution in [0.4, 0.5) is 0 Å². The Morgan fingerprint density at radius 1 is 1.13 bits per heavy atom. The highest BCUT2D eigenvalue weighted by atomic mass is 15.1. The predicted molar refractivity (Wildman–Crippen MR) is 60.3 cm³/mol. The molecule has 2 rings (SSSR count). The van der Waals surface area contributed by atoms with E-state index >= 15 is 0 Å². The van der Waals surface area contributed by atoms with Gasteiger partial charge in [0.05, 0.1) is 11.2 Å². The highest BCUT2D eigenvalue weighted by molar-refractivity contribution is 6.05. The molecule has 5 nitrogen and oxygen atoms in total. The van der Waals surface area contributed by atoms with E-state index in [-0.39, 0.29) is 11.8 Å². The molecule has 5 heteroatoms. The van der Waals surface area contributed by atoms with Crippen LogP contribution in [0.3, 0.4) is 0 Å². The maximum atomic E-state index is 7.46. The van der Waals surface area contributed by atoms with Gasteiger partial charge in [-0.3, -0.25) is 15.4 Å². The number of amidine groups is 1. The number of nitrogens with zero attached hydrogens (tertiary/aromatic N) is 1. The normalized spacial score (nSPS) is 10.4. The lowest BCUT2D eigenvalue weighted by molar-refractivity contribution is 1.12. The molecule has 2 aromatic rings. The van der Waals surface area contributed by atoms with E-state index in [4.69, 9.17) is 22.3 Å². The number of nitrogen functional groups attached to an aromatic ring is 2. The summed E-state index contributed by atoms with van der Waals surface area (Å²) in [6.07, 6.45) is 0. The summed E-state index contributed by atoms with van der Waals surface area (Å²) in [5.74, 6) is -0.234. The quantitative estimate of drug-likeness (QED) is 0.402. The van der Waals surface area contributed by atoms with Gasteiger partial charge < -0.3 is 11.5 Å². The number of nitrogens with one attached hydrogen (secondary N) is 2. The van der Waals surface area contributed by atoms with E-state index in [0.29, 0.717) is 5.69 Å². The fourth-order valence-electron chi connectivity index (χ4n) is 1.61. The number of nitrogens with two attached hydrogens (primary N) is 2. The van der Waals surface area contributed by atoms with E-state index in [1.165, 1.54) is 4.57 Å². The van der Waals surface area contributed by atoms with Crippen molar-refractivity contribution >= 4 is 22.7 Å². The van der Waals surface area contributed by atoms with Gasteiger partial charge in [0, 0.05) is 5.39 Å². The van der Waals surface area contributed by atoms with Crippen molar-refractivity contribution in [2.75, 3.05) is 0 Å². The van der Waals surface area contributed by atoms with Crippen LogP contribution in [0.15, 0.2) is 30.3 Å². The molecule has 0 aliphatic heterocycles. The first kappa shape index (κ1) is 9.26. The Morgan fingerprint density at radius 3 is 2.40 bits per heavy atom. The summed E-state index contributed by atoms with van der Waals surface area (Å²) in [5.41, 5.74) is 12.1. The molecule has 1 aromatic carbocycles. The molecule has 0 radical (unpaired) electrons. The second kappa shape index (κ2) is 3.13. The van der Waals surface area contributed by atoms with Crippen molar-refractivity contribution in [3.05, 3.63) is 36.0 Å². The second-order valence-corrected chi connectivity index (χ2v) is 3.22. The summed E-state index contributed by atoms with van der Waals surface area (Å²) in [6, 6.07) is 9.21. The number of aromatic nitrogens is 1. The molecular weight excluding hydrogens is 190 g/mol. The SMILES string of the molecule is N=C(N)c1cc2ccccc2n1C(=N)N. The largest absolute Gasteiger partial charge is 0.382 e. The van der Waals surface area contributed by atoms with Crippen molar-refractivity contribution in [1.82, 2.24) is 4.57 Å². The monoisotopic (exact) mass is 201 g/mol. The summed E-state index contributed by atoms with van der Waals surface area (Å²) in [6.45, 7) is 0. The van der Waals surface area contributed by atoms with Crippen LogP contribution in [0.2, 0.25) is 0 Å². The maximum Gasteiger partial charge on any atom is 0.197 e. The molecular formula is C10H11N5. The zero-order chi connectivity index (χ0) is 11.0. The number of hydrogen-bond acceptors (Lipinski definition) is 2.